The maximum atomic E-state index is 13.0. The Morgan fingerprint density at radius 3 is 2.18 bits per heavy atom. The second kappa shape index (κ2) is 14.2. The second-order valence-corrected chi connectivity index (χ2v) is 12.9. The summed E-state index contributed by atoms with van der Waals surface area (Å²) >= 11 is 0. The van der Waals surface area contributed by atoms with E-state index in [1.807, 2.05) is 0 Å². The minimum absolute atomic E-state index is 0.0362. The molecule has 0 amide bonds. The maximum absolute atomic E-state index is 13.0. The van der Waals surface area contributed by atoms with Crippen LogP contribution in [0.1, 0.15) is 18.2 Å². The van der Waals surface area contributed by atoms with Gasteiger partial charge in [0.25, 0.3) is 5.56 Å². The van der Waals surface area contributed by atoms with Crippen molar-refractivity contribution in [2.45, 2.75) is 24.9 Å². The molecule has 2 heterocycles. The van der Waals surface area contributed by atoms with Gasteiger partial charge in [-0.25, -0.2) is 18.5 Å². The molecule has 0 bridgehead atoms. The van der Waals surface area contributed by atoms with Crippen LogP contribution in [0.2, 0.25) is 0 Å². The number of aromatic nitrogens is 2. The molecule has 1 aromatic rings. The van der Waals surface area contributed by atoms with E-state index in [2.05, 4.69) is 40.0 Å². The van der Waals surface area contributed by atoms with Crippen LogP contribution >= 0.6 is 23.5 Å². The first-order chi connectivity index (χ1) is 17.9. The number of nitrogens with one attached hydrogen (secondary N) is 2. The fraction of sp³-hybridized carbons (Fsp3) is 0.667. The highest BCUT2D eigenvalue weighted by molar-refractivity contribution is 7.67. The second-order valence-electron chi connectivity index (χ2n) is 7.21. The average molecular weight is 605 g/mol. The van der Waals surface area contributed by atoms with Gasteiger partial charge in [-0.2, -0.15) is 8.62 Å². The first-order valence-electron chi connectivity index (χ1n) is 10.7. The molecule has 1 aliphatic rings. The summed E-state index contributed by atoms with van der Waals surface area (Å²) in [5.41, 5.74) is -1.38. The lowest BCUT2D eigenvalue weighted by Gasteiger charge is -2.24. The molecule has 20 heteroatoms. The van der Waals surface area contributed by atoms with Crippen LogP contribution in [0.4, 0.5) is 0 Å². The Morgan fingerprint density at radius 2 is 1.63 bits per heavy atom. The minimum Gasteiger partial charge on any atom is -0.378 e. The Labute approximate surface area is 218 Å². The minimum atomic E-state index is -4.86. The number of nitrogens with zero attached hydrogens (tertiary/aromatic N) is 1. The molecule has 1 aliphatic heterocycles. The van der Waals surface area contributed by atoms with Gasteiger partial charge in [-0.1, -0.05) is 11.8 Å². The van der Waals surface area contributed by atoms with E-state index in [0.717, 1.165) is 33.0 Å². The lowest BCUT2D eigenvalue weighted by atomic mass is 10.2. The smallest absolute Gasteiger partial charge is 0.378 e. The number of hydrogen-bond donors (Lipinski definition) is 2. The van der Waals surface area contributed by atoms with Gasteiger partial charge in [0.2, 0.25) is 0 Å². The van der Waals surface area contributed by atoms with Crippen LogP contribution in [0.15, 0.2) is 15.8 Å². The number of aromatic amines is 1. The average Bonchev–Trinajstić information content (AvgIpc) is 3.31. The largest absolute Gasteiger partial charge is 0.492 e. The van der Waals surface area contributed by atoms with Crippen LogP contribution in [-0.2, 0) is 54.4 Å². The Bertz CT molecular complexity index is 1260. The van der Waals surface area contributed by atoms with Crippen molar-refractivity contribution in [3.05, 3.63) is 32.6 Å². The van der Waals surface area contributed by atoms with Gasteiger partial charge < -0.3 is 14.8 Å². The molecule has 17 nitrogen and oxygen atoms in total. The van der Waals surface area contributed by atoms with Crippen LogP contribution in [0.25, 0.3) is 0 Å². The molecule has 0 spiro atoms. The van der Waals surface area contributed by atoms with Crippen molar-refractivity contribution < 1.29 is 54.4 Å². The van der Waals surface area contributed by atoms with Crippen molar-refractivity contribution in [1.82, 2.24) is 14.9 Å². The van der Waals surface area contributed by atoms with E-state index < -0.39 is 59.8 Å². The van der Waals surface area contributed by atoms with Gasteiger partial charge in [-0.05, 0) is 7.05 Å². The topological polar surface area (TPSA) is 201 Å². The zero-order chi connectivity index (χ0) is 28.6. The van der Waals surface area contributed by atoms with E-state index in [-0.39, 0.29) is 12.0 Å². The van der Waals surface area contributed by atoms with E-state index in [4.69, 9.17) is 22.8 Å². The van der Waals surface area contributed by atoms with E-state index in [1.54, 1.807) is 7.05 Å². The van der Waals surface area contributed by atoms with Crippen LogP contribution < -0.4 is 16.6 Å². The normalized spacial score (nSPS) is 22.8. The molecule has 0 aromatic carbocycles. The molecule has 2 rings (SSSR count). The van der Waals surface area contributed by atoms with Crippen molar-refractivity contribution in [2.75, 3.05) is 55.7 Å². The molecule has 3 unspecified atom stereocenters. The molecular weight excluding hydrogens is 575 g/mol. The highest BCUT2D eigenvalue weighted by atomic mass is 31.3. The predicted molar refractivity (Wildman–Crippen MR) is 130 cm³/mol. The third-order valence-corrected chi connectivity index (χ3v) is 10.4. The molecule has 5 atom stereocenters. The Balaban J connectivity index is 2.20. The van der Waals surface area contributed by atoms with Gasteiger partial charge in [0.15, 0.2) is 0 Å². The number of phosphoric ester groups is 2. The standard InChI is InChI=1S/C18H30N3O14P3/c1-19-9-7-8-13-11-21(18(23)20-17(13)22)16-10-14(27-2)15(33-16)12-32-37(25,30-5)35-38(26,31-6)34-36(24,28-3)29-4/h11,14-16,19H,9-10,12H2,1-6H3,(H,20,22,23)/t14?,15-,16-,37?,38?/m1/s1. The van der Waals surface area contributed by atoms with Gasteiger partial charge in [0, 0.05) is 48.2 Å². The Morgan fingerprint density at radius 1 is 1.03 bits per heavy atom. The fourth-order valence-corrected chi connectivity index (χ4v) is 7.48. The molecule has 1 fully saturated rings. The lowest BCUT2D eigenvalue weighted by molar-refractivity contribution is -0.0532. The number of H-pyrrole nitrogens is 1. The van der Waals surface area contributed by atoms with E-state index >= 15 is 0 Å². The van der Waals surface area contributed by atoms with E-state index in [1.165, 1.54) is 13.3 Å². The summed E-state index contributed by atoms with van der Waals surface area (Å²) in [5, 5.41) is 2.81. The number of hydrogen-bond acceptors (Lipinski definition) is 15. The molecule has 38 heavy (non-hydrogen) atoms. The summed E-state index contributed by atoms with van der Waals surface area (Å²) in [6.07, 6.45) is -1.17. The summed E-state index contributed by atoms with van der Waals surface area (Å²) < 4.78 is 83.5. The van der Waals surface area contributed by atoms with Crippen molar-refractivity contribution in [2.24, 2.45) is 0 Å². The zero-order valence-corrected chi connectivity index (χ0v) is 24.1. The van der Waals surface area contributed by atoms with Gasteiger partial charge >= 0.3 is 29.2 Å². The SMILES string of the molecule is CNCC#Cc1cn([C@H]2CC(OC)[C@@H](COP(=O)(OC)OP(=O)(OC)OP(=O)(OC)OC)O2)c(=O)[nH]c1=O. The summed E-state index contributed by atoms with van der Waals surface area (Å²) in [7, 11) is -7.20. The van der Waals surface area contributed by atoms with Crippen molar-refractivity contribution in [3.63, 3.8) is 0 Å². The highest BCUT2D eigenvalue weighted by Gasteiger charge is 2.47. The fourth-order valence-electron chi connectivity index (χ4n) is 3.03. The molecule has 1 saturated heterocycles. The van der Waals surface area contributed by atoms with Gasteiger partial charge in [0.1, 0.15) is 17.9 Å². The zero-order valence-electron chi connectivity index (χ0n) is 21.4. The van der Waals surface area contributed by atoms with E-state index in [0.29, 0.717) is 6.54 Å². The monoisotopic (exact) mass is 605 g/mol. The molecule has 2 N–H and O–H groups in total. The van der Waals surface area contributed by atoms with Gasteiger partial charge in [-0.3, -0.25) is 37.0 Å². The van der Waals surface area contributed by atoms with Crippen molar-refractivity contribution >= 4 is 23.5 Å². The molecule has 0 aliphatic carbocycles. The third-order valence-electron chi connectivity index (χ3n) is 4.94. The quantitative estimate of drug-likeness (QED) is 0.227. The van der Waals surface area contributed by atoms with Crippen molar-refractivity contribution in [3.8, 4) is 11.8 Å². The third kappa shape index (κ3) is 8.51. The Hall–Kier alpha value is -1.47. The summed E-state index contributed by atoms with van der Waals surface area (Å²) in [4.78, 5) is 26.7. The summed E-state index contributed by atoms with van der Waals surface area (Å²) in [6, 6.07) is 0. The summed E-state index contributed by atoms with van der Waals surface area (Å²) in [6.45, 7) is -0.191. The molecule has 0 saturated carbocycles. The maximum Gasteiger partial charge on any atom is 0.492 e. The van der Waals surface area contributed by atoms with Gasteiger partial charge in [0.05, 0.1) is 19.3 Å². The van der Waals surface area contributed by atoms with Crippen LogP contribution in [0.3, 0.4) is 0 Å². The number of rotatable bonds is 14. The predicted octanol–water partition coefficient (Wildman–Crippen LogP) is 1.37. The number of methoxy groups -OCH3 is 1. The van der Waals surface area contributed by atoms with Crippen molar-refractivity contribution in [1.29, 1.82) is 0 Å². The first kappa shape index (κ1) is 32.7. The molecule has 0 radical (unpaired) electrons. The number of phosphoric acid groups is 3. The van der Waals surface area contributed by atoms with Gasteiger partial charge in [-0.15, -0.1) is 0 Å². The highest BCUT2D eigenvalue weighted by Crippen LogP contribution is 2.72. The van der Waals surface area contributed by atoms with Crippen LogP contribution in [0, 0.1) is 11.8 Å². The molecule has 1 aromatic heterocycles. The van der Waals surface area contributed by atoms with Crippen LogP contribution in [0.5, 0.6) is 0 Å². The van der Waals surface area contributed by atoms with Crippen LogP contribution in [-0.4, -0.2) is 77.5 Å². The van der Waals surface area contributed by atoms with E-state index in [9.17, 15) is 23.3 Å². The summed E-state index contributed by atoms with van der Waals surface area (Å²) in [5.74, 6) is 5.39. The number of ether oxygens (including phenoxy) is 2. The molecule has 216 valence electrons. The molecular formula is C18H30N3O14P3. The Kier molecular flexibility index (Phi) is 12.3. The first-order valence-corrected chi connectivity index (χ1v) is 15.1. The lowest BCUT2D eigenvalue weighted by Crippen LogP contribution is -2.33.